The maximum atomic E-state index is 12.1. The zero-order chi connectivity index (χ0) is 22.1. The molecule has 1 amide bonds. The van der Waals surface area contributed by atoms with Gasteiger partial charge in [-0.1, -0.05) is 13.3 Å². The Hall–Kier alpha value is -1.33. The molecule has 0 saturated carbocycles. The smallest absolute Gasteiger partial charge is 0.243 e. The van der Waals surface area contributed by atoms with Gasteiger partial charge in [-0.2, -0.15) is 0 Å². The second-order valence-electron chi connectivity index (χ2n) is 8.77. The summed E-state index contributed by atoms with van der Waals surface area (Å²) in [5, 5.41) is 7.01. The SMILES string of the molecule is CCN1CCCC1CNC(=NCC(=O)N(C)C)NCC(c1ccco1)N1CCCCC1.I. The van der Waals surface area contributed by atoms with Gasteiger partial charge < -0.3 is 20.0 Å². The Bertz CT molecular complexity index is 691. The lowest BCUT2D eigenvalue weighted by atomic mass is 10.1. The minimum absolute atomic E-state index is 0. The molecule has 182 valence electrons. The zero-order valence-electron chi connectivity index (χ0n) is 19.9. The van der Waals surface area contributed by atoms with Gasteiger partial charge >= 0.3 is 0 Å². The molecule has 2 saturated heterocycles. The fourth-order valence-corrected chi connectivity index (χ4v) is 4.53. The van der Waals surface area contributed by atoms with Gasteiger partial charge in [0.2, 0.25) is 5.91 Å². The molecule has 3 rings (SSSR count). The predicted molar refractivity (Wildman–Crippen MR) is 140 cm³/mol. The first-order valence-electron chi connectivity index (χ1n) is 11.8. The van der Waals surface area contributed by atoms with Gasteiger partial charge in [-0.15, -0.1) is 24.0 Å². The van der Waals surface area contributed by atoms with Gasteiger partial charge in [0.1, 0.15) is 12.3 Å². The topological polar surface area (TPSA) is 76.4 Å². The van der Waals surface area contributed by atoms with E-state index in [1.54, 1.807) is 25.3 Å². The lowest BCUT2D eigenvalue weighted by Gasteiger charge is -2.34. The lowest BCUT2D eigenvalue weighted by Crippen LogP contribution is -2.48. The Morgan fingerprint density at radius 1 is 1.22 bits per heavy atom. The summed E-state index contributed by atoms with van der Waals surface area (Å²) in [7, 11) is 3.53. The normalized spacial score (nSPS) is 21.1. The third-order valence-electron chi connectivity index (χ3n) is 6.45. The number of aliphatic imine (C=N–C) groups is 1. The van der Waals surface area contributed by atoms with Crippen LogP contribution in [0, 0.1) is 0 Å². The number of hydrogen-bond acceptors (Lipinski definition) is 5. The van der Waals surface area contributed by atoms with Gasteiger partial charge in [0, 0.05) is 33.2 Å². The minimum atomic E-state index is -0.00392. The highest BCUT2D eigenvalue weighted by atomic mass is 127. The second kappa shape index (κ2) is 14.0. The molecule has 2 atom stereocenters. The van der Waals surface area contributed by atoms with E-state index in [9.17, 15) is 4.79 Å². The molecular weight excluding hydrogens is 519 g/mol. The summed E-state index contributed by atoms with van der Waals surface area (Å²) in [5.41, 5.74) is 0. The van der Waals surface area contributed by atoms with Crippen molar-refractivity contribution in [3.05, 3.63) is 24.2 Å². The zero-order valence-corrected chi connectivity index (χ0v) is 22.2. The number of nitrogens with one attached hydrogen (secondary N) is 2. The number of nitrogens with zero attached hydrogens (tertiary/aromatic N) is 4. The van der Waals surface area contributed by atoms with E-state index in [-0.39, 0.29) is 42.5 Å². The van der Waals surface area contributed by atoms with Crippen LogP contribution < -0.4 is 10.6 Å². The molecule has 2 fully saturated rings. The van der Waals surface area contributed by atoms with Crippen molar-refractivity contribution in [3.8, 4) is 0 Å². The van der Waals surface area contributed by atoms with Crippen LogP contribution in [0.15, 0.2) is 27.8 Å². The summed E-state index contributed by atoms with van der Waals surface area (Å²) < 4.78 is 5.77. The van der Waals surface area contributed by atoms with Crippen LogP contribution in [0.1, 0.15) is 50.8 Å². The largest absolute Gasteiger partial charge is 0.468 e. The first-order chi connectivity index (χ1) is 15.1. The maximum absolute atomic E-state index is 12.1. The minimum Gasteiger partial charge on any atom is -0.468 e. The van der Waals surface area contributed by atoms with Crippen LogP contribution >= 0.6 is 24.0 Å². The number of likely N-dealkylation sites (tertiary alicyclic amines) is 2. The Balaban J connectivity index is 0.00000363. The van der Waals surface area contributed by atoms with E-state index in [1.165, 1.54) is 32.1 Å². The highest BCUT2D eigenvalue weighted by Gasteiger charge is 2.26. The summed E-state index contributed by atoms with van der Waals surface area (Å²) in [4.78, 5) is 23.3. The summed E-state index contributed by atoms with van der Waals surface area (Å²) in [5.74, 6) is 1.67. The molecule has 2 aliphatic rings. The van der Waals surface area contributed by atoms with E-state index in [0.29, 0.717) is 18.5 Å². The van der Waals surface area contributed by atoms with Crippen LogP contribution in [-0.2, 0) is 4.79 Å². The molecule has 32 heavy (non-hydrogen) atoms. The molecular formula is C23H41IN6O2. The van der Waals surface area contributed by atoms with Gasteiger partial charge in [0.25, 0.3) is 0 Å². The number of carbonyl (C=O) groups excluding carboxylic acids is 1. The van der Waals surface area contributed by atoms with Crippen molar-refractivity contribution in [3.63, 3.8) is 0 Å². The molecule has 2 unspecified atom stereocenters. The van der Waals surface area contributed by atoms with E-state index < -0.39 is 0 Å². The van der Waals surface area contributed by atoms with Crippen molar-refractivity contribution < 1.29 is 9.21 Å². The molecule has 0 radical (unpaired) electrons. The average Bonchev–Trinajstić information content (AvgIpc) is 3.47. The number of likely N-dealkylation sites (N-methyl/N-ethyl adjacent to an activating group) is 2. The second-order valence-corrected chi connectivity index (χ2v) is 8.77. The lowest BCUT2D eigenvalue weighted by molar-refractivity contribution is -0.127. The van der Waals surface area contributed by atoms with Crippen LogP contribution in [0.3, 0.4) is 0 Å². The monoisotopic (exact) mass is 560 g/mol. The molecule has 1 aromatic rings. The number of rotatable bonds is 9. The summed E-state index contributed by atoms with van der Waals surface area (Å²) in [6.45, 7) is 8.29. The van der Waals surface area contributed by atoms with Gasteiger partial charge in [0.05, 0.1) is 12.3 Å². The number of carbonyl (C=O) groups is 1. The Kier molecular flexibility index (Phi) is 11.8. The number of halogens is 1. The highest BCUT2D eigenvalue weighted by Crippen LogP contribution is 2.24. The van der Waals surface area contributed by atoms with Crippen LogP contribution in [0.4, 0.5) is 0 Å². The molecule has 3 heterocycles. The predicted octanol–water partition coefficient (Wildman–Crippen LogP) is 2.53. The van der Waals surface area contributed by atoms with Crippen LogP contribution in [0.2, 0.25) is 0 Å². The van der Waals surface area contributed by atoms with Crippen molar-refractivity contribution >= 4 is 35.8 Å². The first kappa shape index (κ1) is 26.9. The quantitative estimate of drug-likeness (QED) is 0.275. The van der Waals surface area contributed by atoms with Gasteiger partial charge in [0.15, 0.2) is 5.96 Å². The number of furan rings is 1. The van der Waals surface area contributed by atoms with E-state index in [4.69, 9.17) is 4.42 Å². The Morgan fingerprint density at radius 3 is 2.66 bits per heavy atom. The molecule has 2 N–H and O–H groups in total. The third-order valence-corrected chi connectivity index (χ3v) is 6.45. The van der Waals surface area contributed by atoms with Gasteiger partial charge in [-0.25, -0.2) is 4.99 Å². The van der Waals surface area contributed by atoms with Crippen molar-refractivity contribution in [2.75, 3.05) is 59.9 Å². The molecule has 9 heteroatoms. The fourth-order valence-electron chi connectivity index (χ4n) is 4.53. The fraction of sp³-hybridized carbons (Fsp3) is 0.739. The van der Waals surface area contributed by atoms with Gasteiger partial charge in [-0.3, -0.25) is 14.6 Å². The Labute approximate surface area is 210 Å². The van der Waals surface area contributed by atoms with Crippen LogP contribution in [0.25, 0.3) is 0 Å². The summed E-state index contributed by atoms with van der Waals surface area (Å²) >= 11 is 0. The van der Waals surface area contributed by atoms with E-state index in [0.717, 1.165) is 38.5 Å². The third kappa shape index (κ3) is 7.91. The summed E-state index contributed by atoms with van der Waals surface area (Å²) in [6.07, 6.45) is 7.94. The van der Waals surface area contributed by atoms with Gasteiger partial charge in [-0.05, 0) is 64.0 Å². The molecule has 1 aromatic heterocycles. The highest BCUT2D eigenvalue weighted by molar-refractivity contribution is 14.0. The van der Waals surface area contributed by atoms with Crippen LogP contribution in [0.5, 0.6) is 0 Å². The molecule has 8 nitrogen and oxygen atoms in total. The van der Waals surface area contributed by atoms with Crippen molar-refractivity contribution in [1.82, 2.24) is 25.3 Å². The maximum Gasteiger partial charge on any atom is 0.243 e. The molecule has 0 spiro atoms. The number of amides is 1. The van der Waals surface area contributed by atoms with E-state index in [1.807, 2.05) is 6.07 Å². The average molecular weight is 561 g/mol. The van der Waals surface area contributed by atoms with E-state index in [2.05, 4.69) is 38.4 Å². The molecule has 0 bridgehead atoms. The van der Waals surface area contributed by atoms with Crippen molar-refractivity contribution in [2.24, 2.45) is 4.99 Å². The number of guanidine groups is 1. The number of piperidine rings is 1. The van der Waals surface area contributed by atoms with Crippen molar-refractivity contribution in [2.45, 2.75) is 51.1 Å². The molecule has 2 aliphatic heterocycles. The molecule has 0 aromatic carbocycles. The van der Waals surface area contributed by atoms with Crippen molar-refractivity contribution in [1.29, 1.82) is 0 Å². The van der Waals surface area contributed by atoms with Crippen LogP contribution in [-0.4, -0.2) is 92.5 Å². The standard InChI is InChI=1S/C23H40N6O2.HI/c1-4-28-14-8-10-19(28)16-24-23(26-18-22(30)27(2)3)25-17-20(21-11-9-15-31-21)29-12-6-5-7-13-29;/h9,11,15,19-20H,4-8,10,12-14,16-18H2,1-3H3,(H2,24,25,26);1H. The molecule has 0 aliphatic carbocycles. The summed E-state index contributed by atoms with van der Waals surface area (Å²) in [6, 6.07) is 4.68. The van der Waals surface area contributed by atoms with E-state index >= 15 is 0 Å². The first-order valence-corrected chi connectivity index (χ1v) is 11.8. The number of hydrogen-bond donors (Lipinski definition) is 2. The Morgan fingerprint density at radius 2 is 2.00 bits per heavy atom.